The Bertz CT molecular complexity index is 514. The highest BCUT2D eigenvalue weighted by molar-refractivity contribution is 7.18. The van der Waals surface area contributed by atoms with E-state index in [-0.39, 0.29) is 0 Å². The van der Waals surface area contributed by atoms with Crippen LogP contribution in [0.5, 0.6) is 0 Å². The number of rotatable bonds is 2. The molecule has 1 saturated heterocycles. The molecule has 4 heteroatoms. The molecule has 3 nitrogen and oxygen atoms in total. The fourth-order valence-corrected chi connectivity index (χ4v) is 3.14. The van der Waals surface area contributed by atoms with Gasteiger partial charge in [0, 0.05) is 11.7 Å². The summed E-state index contributed by atoms with van der Waals surface area (Å²) in [5.41, 5.74) is 2.32. The summed E-state index contributed by atoms with van der Waals surface area (Å²) in [6, 6.07) is 7.11. The van der Waals surface area contributed by atoms with Gasteiger partial charge in [-0.2, -0.15) is 0 Å². The molecule has 0 radical (unpaired) electrons. The zero-order chi connectivity index (χ0) is 11.7. The normalized spacial score (nSPS) is 17.5. The number of fused-ring (bicyclic) bond motifs is 1. The summed E-state index contributed by atoms with van der Waals surface area (Å²) in [6.07, 6.45) is 2.41. The van der Waals surface area contributed by atoms with Crippen molar-refractivity contribution in [3.05, 3.63) is 23.2 Å². The minimum absolute atomic E-state index is 0.605. The van der Waals surface area contributed by atoms with Crippen LogP contribution in [0.3, 0.4) is 0 Å². The first kappa shape index (κ1) is 11.0. The predicted octanol–water partition coefficient (Wildman–Crippen LogP) is 2.77. The molecule has 1 aliphatic rings. The number of nitrogens with zero attached hydrogens (tertiary/aromatic N) is 1. The molecule has 1 fully saturated rings. The maximum absolute atomic E-state index is 4.53. The van der Waals surface area contributed by atoms with E-state index in [4.69, 9.17) is 0 Å². The first-order chi connectivity index (χ1) is 8.31. The quantitative estimate of drug-likeness (QED) is 0.857. The molecule has 2 N–H and O–H groups in total. The number of hydrogen-bond acceptors (Lipinski definition) is 4. The third kappa shape index (κ3) is 2.42. The Labute approximate surface area is 105 Å². The zero-order valence-corrected chi connectivity index (χ0v) is 10.8. The van der Waals surface area contributed by atoms with E-state index in [1.165, 1.54) is 23.2 Å². The van der Waals surface area contributed by atoms with E-state index in [1.807, 2.05) is 0 Å². The SMILES string of the molecule is Cc1nc2cc(NC3CCNCC3)ccc2s1. The highest BCUT2D eigenvalue weighted by atomic mass is 32.1. The van der Waals surface area contributed by atoms with Gasteiger partial charge < -0.3 is 10.6 Å². The highest BCUT2D eigenvalue weighted by Crippen LogP contribution is 2.25. The monoisotopic (exact) mass is 247 g/mol. The third-order valence-corrected chi connectivity index (χ3v) is 4.16. The predicted molar refractivity (Wildman–Crippen MR) is 73.9 cm³/mol. The molecule has 0 aliphatic carbocycles. The summed E-state index contributed by atoms with van der Waals surface area (Å²) in [6.45, 7) is 4.30. The summed E-state index contributed by atoms with van der Waals surface area (Å²) < 4.78 is 1.28. The van der Waals surface area contributed by atoms with E-state index in [1.54, 1.807) is 11.3 Å². The van der Waals surface area contributed by atoms with Gasteiger partial charge in [0.2, 0.25) is 0 Å². The van der Waals surface area contributed by atoms with Crippen molar-refractivity contribution in [2.75, 3.05) is 18.4 Å². The molecule has 1 aromatic heterocycles. The molecule has 0 atom stereocenters. The fourth-order valence-electron chi connectivity index (χ4n) is 2.33. The molecule has 0 amide bonds. The van der Waals surface area contributed by atoms with Crippen LogP contribution in [0, 0.1) is 6.92 Å². The van der Waals surface area contributed by atoms with Crippen molar-refractivity contribution >= 4 is 27.2 Å². The maximum atomic E-state index is 4.53. The minimum atomic E-state index is 0.605. The van der Waals surface area contributed by atoms with Gasteiger partial charge in [-0.05, 0) is 51.1 Å². The number of piperidine rings is 1. The topological polar surface area (TPSA) is 37.0 Å². The van der Waals surface area contributed by atoms with Crippen LogP contribution >= 0.6 is 11.3 Å². The van der Waals surface area contributed by atoms with E-state index < -0.39 is 0 Å². The Balaban J connectivity index is 1.79. The largest absolute Gasteiger partial charge is 0.382 e. The van der Waals surface area contributed by atoms with Crippen molar-refractivity contribution in [2.24, 2.45) is 0 Å². The van der Waals surface area contributed by atoms with E-state index >= 15 is 0 Å². The Morgan fingerprint density at radius 1 is 1.35 bits per heavy atom. The maximum Gasteiger partial charge on any atom is 0.0907 e. The molecule has 0 bridgehead atoms. The molecule has 1 aromatic carbocycles. The van der Waals surface area contributed by atoms with Gasteiger partial charge in [0.15, 0.2) is 0 Å². The third-order valence-electron chi connectivity index (χ3n) is 3.20. The molecule has 0 unspecified atom stereocenters. The molecule has 2 aromatic rings. The number of anilines is 1. The Morgan fingerprint density at radius 3 is 3.00 bits per heavy atom. The molecule has 2 heterocycles. The first-order valence-electron chi connectivity index (χ1n) is 6.16. The molecule has 90 valence electrons. The minimum Gasteiger partial charge on any atom is -0.382 e. The fraction of sp³-hybridized carbons (Fsp3) is 0.462. The van der Waals surface area contributed by atoms with Crippen LogP contribution in [0.4, 0.5) is 5.69 Å². The van der Waals surface area contributed by atoms with Crippen molar-refractivity contribution in [3.63, 3.8) is 0 Å². The first-order valence-corrected chi connectivity index (χ1v) is 6.97. The summed E-state index contributed by atoms with van der Waals surface area (Å²) in [7, 11) is 0. The summed E-state index contributed by atoms with van der Waals surface area (Å²) >= 11 is 1.76. The second-order valence-corrected chi connectivity index (χ2v) is 5.82. The second kappa shape index (κ2) is 4.63. The molecule has 0 spiro atoms. The van der Waals surface area contributed by atoms with Crippen molar-refractivity contribution < 1.29 is 0 Å². The van der Waals surface area contributed by atoms with Crippen LogP contribution < -0.4 is 10.6 Å². The zero-order valence-electron chi connectivity index (χ0n) is 9.99. The van der Waals surface area contributed by atoms with Crippen molar-refractivity contribution in [3.8, 4) is 0 Å². The van der Waals surface area contributed by atoms with Crippen LogP contribution in [-0.2, 0) is 0 Å². The van der Waals surface area contributed by atoms with E-state index in [9.17, 15) is 0 Å². The van der Waals surface area contributed by atoms with E-state index in [2.05, 4.69) is 40.7 Å². The number of aromatic nitrogens is 1. The van der Waals surface area contributed by atoms with Gasteiger partial charge in [-0.3, -0.25) is 0 Å². The average Bonchev–Trinajstić information content (AvgIpc) is 2.70. The van der Waals surface area contributed by atoms with Crippen molar-refractivity contribution in [1.29, 1.82) is 0 Å². The lowest BCUT2D eigenvalue weighted by Crippen LogP contribution is -2.35. The van der Waals surface area contributed by atoms with Crippen molar-refractivity contribution in [2.45, 2.75) is 25.8 Å². The lowest BCUT2D eigenvalue weighted by atomic mass is 10.1. The van der Waals surface area contributed by atoms with Crippen LogP contribution in [0.1, 0.15) is 17.8 Å². The summed E-state index contributed by atoms with van der Waals surface area (Å²) in [5, 5.41) is 8.13. The number of thiazole rings is 1. The Kier molecular flexibility index (Phi) is 2.99. The molecular formula is C13H17N3S. The standard InChI is InChI=1S/C13H17N3S/c1-9-15-12-8-11(2-3-13(12)17-9)16-10-4-6-14-7-5-10/h2-3,8,10,14,16H,4-7H2,1H3. The van der Waals surface area contributed by atoms with Gasteiger partial charge >= 0.3 is 0 Å². The van der Waals surface area contributed by atoms with Gasteiger partial charge in [0.1, 0.15) is 0 Å². The Hall–Kier alpha value is -1.13. The summed E-state index contributed by atoms with van der Waals surface area (Å²) in [5.74, 6) is 0. The van der Waals surface area contributed by atoms with Gasteiger partial charge in [-0.15, -0.1) is 11.3 Å². The molecule has 1 aliphatic heterocycles. The van der Waals surface area contributed by atoms with E-state index in [0.717, 1.165) is 23.6 Å². The number of aryl methyl sites for hydroxylation is 1. The lowest BCUT2D eigenvalue weighted by Gasteiger charge is -2.24. The molecule has 0 saturated carbocycles. The van der Waals surface area contributed by atoms with Crippen molar-refractivity contribution in [1.82, 2.24) is 10.3 Å². The smallest absolute Gasteiger partial charge is 0.0907 e. The molecule has 17 heavy (non-hydrogen) atoms. The molecular weight excluding hydrogens is 230 g/mol. The number of hydrogen-bond donors (Lipinski definition) is 2. The van der Waals surface area contributed by atoms with Gasteiger partial charge in [0.05, 0.1) is 15.2 Å². The van der Waals surface area contributed by atoms with Crippen LogP contribution in [0.15, 0.2) is 18.2 Å². The highest BCUT2D eigenvalue weighted by Gasteiger charge is 2.12. The van der Waals surface area contributed by atoms with Gasteiger partial charge in [-0.1, -0.05) is 0 Å². The lowest BCUT2D eigenvalue weighted by molar-refractivity contribution is 0.479. The van der Waals surface area contributed by atoms with E-state index in [0.29, 0.717) is 6.04 Å². The molecule has 3 rings (SSSR count). The van der Waals surface area contributed by atoms with Crippen LogP contribution in [0.2, 0.25) is 0 Å². The number of nitrogens with one attached hydrogen (secondary N) is 2. The van der Waals surface area contributed by atoms with Gasteiger partial charge in [-0.25, -0.2) is 4.98 Å². The van der Waals surface area contributed by atoms with Crippen LogP contribution in [0.25, 0.3) is 10.2 Å². The average molecular weight is 247 g/mol. The Morgan fingerprint density at radius 2 is 2.18 bits per heavy atom. The van der Waals surface area contributed by atoms with Gasteiger partial charge in [0.25, 0.3) is 0 Å². The second-order valence-electron chi connectivity index (χ2n) is 4.58. The number of benzene rings is 1. The summed E-state index contributed by atoms with van der Waals surface area (Å²) in [4.78, 5) is 4.53. The van der Waals surface area contributed by atoms with Crippen LogP contribution in [-0.4, -0.2) is 24.1 Å².